The first-order chi connectivity index (χ1) is 15.6. The largest absolute Gasteiger partial charge is 0.351 e. The number of hydrogen-bond donors (Lipinski definition) is 1. The molecular formula is C25H23N7. The minimum atomic E-state index is 0.0910. The van der Waals surface area contributed by atoms with Gasteiger partial charge in [0.1, 0.15) is 11.6 Å². The van der Waals surface area contributed by atoms with Crippen LogP contribution in [0.5, 0.6) is 0 Å². The van der Waals surface area contributed by atoms with Crippen LogP contribution >= 0.6 is 0 Å². The summed E-state index contributed by atoms with van der Waals surface area (Å²) < 4.78 is 0. The molecule has 7 heteroatoms. The third-order valence-electron chi connectivity index (χ3n) is 4.97. The Bertz CT molecular complexity index is 1230. The van der Waals surface area contributed by atoms with Gasteiger partial charge in [-0.25, -0.2) is 15.0 Å². The first kappa shape index (κ1) is 20.9. The Morgan fingerprint density at radius 3 is 2.47 bits per heavy atom. The number of hydrogen-bond acceptors (Lipinski definition) is 7. The Kier molecular flexibility index (Phi) is 6.33. The van der Waals surface area contributed by atoms with Crippen LogP contribution in [0, 0.1) is 11.3 Å². The minimum Gasteiger partial charge on any atom is -0.351 e. The van der Waals surface area contributed by atoms with Gasteiger partial charge in [0.25, 0.3) is 0 Å². The van der Waals surface area contributed by atoms with E-state index in [9.17, 15) is 0 Å². The molecule has 1 N–H and O–H groups in total. The molecule has 0 aliphatic heterocycles. The molecule has 0 aliphatic carbocycles. The maximum Gasteiger partial charge on any atom is 0.224 e. The van der Waals surface area contributed by atoms with E-state index >= 15 is 0 Å². The van der Waals surface area contributed by atoms with Crippen molar-refractivity contribution in [1.29, 1.82) is 5.26 Å². The Morgan fingerprint density at radius 1 is 0.938 bits per heavy atom. The van der Waals surface area contributed by atoms with Gasteiger partial charge in [0.05, 0.1) is 11.6 Å². The molecule has 0 aliphatic rings. The third kappa shape index (κ3) is 5.05. The van der Waals surface area contributed by atoms with Crippen molar-refractivity contribution in [2.45, 2.75) is 19.4 Å². The lowest BCUT2D eigenvalue weighted by atomic mass is 10.0. The number of anilines is 3. The van der Waals surface area contributed by atoms with E-state index in [2.05, 4.69) is 38.2 Å². The van der Waals surface area contributed by atoms with Gasteiger partial charge in [0, 0.05) is 31.0 Å². The Balaban J connectivity index is 1.48. The molecule has 0 fully saturated rings. The second-order valence-corrected chi connectivity index (χ2v) is 7.46. The molecule has 0 unspecified atom stereocenters. The number of benzene rings is 2. The van der Waals surface area contributed by atoms with E-state index in [4.69, 9.17) is 5.26 Å². The average Bonchev–Trinajstić information content (AvgIpc) is 2.84. The summed E-state index contributed by atoms with van der Waals surface area (Å²) in [5.41, 5.74) is 2.71. The van der Waals surface area contributed by atoms with E-state index in [1.165, 1.54) is 0 Å². The summed E-state index contributed by atoms with van der Waals surface area (Å²) in [4.78, 5) is 20.0. The van der Waals surface area contributed by atoms with Crippen LogP contribution in [0.15, 0.2) is 79.1 Å². The molecule has 0 bridgehead atoms. The molecule has 158 valence electrons. The highest BCUT2D eigenvalue weighted by Gasteiger charge is 2.12. The Morgan fingerprint density at radius 2 is 1.69 bits per heavy atom. The zero-order chi connectivity index (χ0) is 22.3. The summed E-state index contributed by atoms with van der Waals surface area (Å²) >= 11 is 0. The third-order valence-corrected chi connectivity index (χ3v) is 4.97. The van der Waals surface area contributed by atoms with E-state index in [1.54, 1.807) is 18.5 Å². The van der Waals surface area contributed by atoms with E-state index in [1.807, 2.05) is 72.6 Å². The summed E-state index contributed by atoms with van der Waals surface area (Å²) in [6.07, 6.45) is 4.23. The summed E-state index contributed by atoms with van der Waals surface area (Å²) in [6, 6.07) is 23.5. The maximum absolute atomic E-state index is 9.09. The van der Waals surface area contributed by atoms with Crippen molar-refractivity contribution in [1.82, 2.24) is 19.9 Å². The Labute approximate surface area is 187 Å². The molecule has 0 saturated heterocycles. The highest BCUT2D eigenvalue weighted by atomic mass is 15.3. The van der Waals surface area contributed by atoms with Gasteiger partial charge in [-0.3, -0.25) is 0 Å². The molecule has 32 heavy (non-hydrogen) atoms. The zero-order valence-electron chi connectivity index (χ0n) is 18.0. The van der Waals surface area contributed by atoms with Crippen LogP contribution in [0.2, 0.25) is 0 Å². The molecule has 1 atom stereocenters. The van der Waals surface area contributed by atoms with Gasteiger partial charge in [-0.05, 0) is 43.2 Å². The second-order valence-electron chi connectivity index (χ2n) is 7.46. The highest BCUT2D eigenvalue weighted by Crippen LogP contribution is 2.23. The van der Waals surface area contributed by atoms with Gasteiger partial charge in [0.15, 0.2) is 5.82 Å². The molecule has 0 spiro atoms. The van der Waals surface area contributed by atoms with Crippen molar-refractivity contribution < 1.29 is 0 Å². The fraction of sp³-hybridized carbons (Fsp3) is 0.160. The van der Waals surface area contributed by atoms with Gasteiger partial charge in [-0.2, -0.15) is 10.2 Å². The second kappa shape index (κ2) is 9.67. The zero-order valence-corrected chi connectivity index (χ0v) is 18.0. The molecule has 0 saturated carbocycles. The van der Waals surface area contributed by atoms with Crippen molar-refractivity contribution in [2.75, 3.05) is 17.3 Å². The first-order valence-electron chi connectivity index (χ1n) is 10.3. The number of nitrogens with zero attached hydrogens (tertiary/aromatic N) is 6. The molecule has 4 aromatic rings. The van der Waals surface area contributed by atoms with E-state index in [0.29, 0.717) is 17.3 Å². The summed E-state index contributed by atoms with van der Waals surface area (Å²) in [5.74, 6) is 2.66. The average molecular weight is 422 g/mol. The van der Waals surface area contributed by atoms with Crippen molar-refractivity contribution in [3.8, 4) is 17.5 Å². The van der Waals surface area contributed by atoms with Gasteiger partial charge in [-0.15, -0.1) is 0 Å². The Hall–Kier alpha value is -4.31. The maximum atomic E-state index is 9.09. The van der Waals surface area contributed by atoms with Crippen LogP contribution in [0.4, 0.5) is 17.6 Å². The fourth-order valence-corrected chi connectivity index (χ4v) is 3.38. The standard InChI is InChI=1S/C25H23N7/c1-18(15-19-7-6-8-20(16-19)17-26)29-25-28-14-12-23(31-25)32(2)22-11-13-27-24(30-22)21-9-4-3-5-10-21/h3-14,16,18H,15H2,1-2H3,(H,28,29,31)/t18-/m0/s1. The number of aromatic nitrogens is 4. The molecule has 0 radical (unpaired) electrons. The summed E-state index contributed by atoms with van der Waals surface area (Å²) in [6.45, 7) is 2.06. The number of nitriles is 1. The van der Waals surface area contributed by atoms with E-state index < -0.39 is 0 Å². The first-order valence-corrected chi connectivity index (χ1v) is 10.3. The van der Waals surface area contributed by atoms with Crippen molar-refractivity contribution in [2.24, 2.45) is 0 Å². The smallest absolute Gasteiger partial charge is 0.224 e. The van der Waals surface area contributed by atoms with Gasteiger partial charge < -0.3 is 10.2 Å². The van der Waals surface area contributed by atoms with Gasteiger partial charge in [-0.1, -0.05) is 42.5 Å². The monoisotopic (exact) mass is 421 g/mol. The van der Waals surface area contributed by atoms with Crippen LogP contribution in [0.3, 0.4) is 0 Å². The van der Waals surface area contributed by atoms with Crippen LogP contribution in [-0.2, 0) is 6.42 Å². The van der Waals surface area contributed by atoms with E-state index in [0.717, 1.165) is 29.2 Å². The normalized spacial score (nSPS) is 11.4. The minimum absolute atomic E-state index is 0.0910. The lowest BCUT2D eigenvalue weighted by Crippen LogP contribution is -2.21. The van der Waals surface area contributed by atoms with Crippen molar-refractivity contribution >= 4 is 17.6 Å². The summed E-state index contributed by atoms with van der Waals surface area (Å²) in [5, 5.41) is 12.4. The molecule has 4 rings (SSSR count). The van der Waals surface area contributed by atoms with Crippen LogP contribution < -0.4 is 10.2 Å². The molecule has 7 nitrogen and oxygen atoms in total. The summed E-state index contributed by atoms with van der Waals surface area (Å²) in [7, 11) is 1.92. The molecule has 2 aromatic carbocycles. The quantitative estimate of drug-likeness (QED) is 0.466. The van der Waals surface area contributed by atoms with Crippen LogP contribution in [0.25, 0.3) is 11.4 Å². The lowest BCUT2D eigenvalue weighted by Gasteiger charge is -2.19. The lowest BCUT2D eigenvalue weighted by molar-refractivity contribution is 0.776. The highest BCUT2D eigenvalue weighted by molar-refractivity contribution is 5.61. The van der Waals surface area contributed by atoms with Gasteiger partial charge >= 0.3 is 0 Å². The molecule has 2 aromatic heterocycles. The molecule has 2 heterocycles. The van der Waals surface area contributed by atoms with Gasteiger partial charge in [0.2, 0.25) is 5.95 Å². The van der Waals surface area contributed by atoms with E-state index in [-0.39, 0.29) is 6.04 Å². The number of nitrogens with one attached hydrogen (secondary N) is 1. The predicted molar refractivity (Wildman–Crippen MR) is 126 cm³/mol. The fourth-order valence-electron chi connectivity index (χ4n) is 3.38. The van der Waals surface area contributed by atoms with Crippen molar-refractivity contribution in [3.05, 3.63) is 90.3 Å². The predicted octanol–water partition coefficient (Wildman–Crippen LogP) is 4.62. The van der Waals surface area contributed by atoms with Crippen molar-refractivity contribution in [3.63, 3.8) is 0 Å². The van der Waals surface area contributed by atoms with Crippen LogP contribution in [-0.4, -0.2) is 33.0 Å². The number of rotatable bonds is 7. The molecular weight excluding hydrogens is 398 g/mol. The van der Waals surface area contributed by atoms with Crippen LogP contribution in [0.1, 0.15) is 18.1 Å². The SMILES string of the molecule is C[C@@H](Cc1cccc(C#N)c1)Nc1nccc(N(C)c2ccnc(-c3ccccc3)n2)n1. The topological polar surface area (TPSA) is 90.6 Å². The molecule has 0 amide bonds.